The molecule has 2 aromatic carbocycles. The number of amides is 1. The molecular weight excluding hydrogens is 357 g/mol. The van der Waals surface area contributed by atoms with Gasteiger partial charge < -0.3 is 10.1 Å². The summed E-state index contributed by atoms with van der Waals surface area (Å²) in [4.78, 5) is 12.6. The normalized spacial score (nSPS) is 19.4. The lowest BCUT2D eigenvalue weighted by molar-refractivity contribution is -0.120. The van der Waals surface area contributed by atoms with Crippen LogP contribution in [-0.2, 0) is 16.6 Å². The predicted molar refractivity (Wildman–Crippen MR) is 94.2 cm³/mol. The fourth-order valence-electron chi connectivity index (χ4n) is 3.01. The van der Waals surface area contributed by atoms with Crippen molar-refractivity contribution >= 4 is 46.4 Å². The van der Waals surface area contributed by atoms with Crippen molar-refractivity contribution in [1.82, 2.24) is 0 Å². The summed E-state index contributed by atoms with van der Waals surface area (Å²) in [6, 6.07) is 8.72. The van der Waals surface area contributed by atoms with Crippen LogP contribution in [0.1, 0.15) is 18.1 Å². The summed E-state index contributed by atoms with van der Waals surface area (Å²) < 4.78 is 5.38. The standard InChI is InChI=1S/C17H14Cl3NO2/c1-17(8-9-7-10(18)3-6-13(9)23-2)14-11(19)4-5-12(20)15(14)21-16(17)22/h3-7H,8H2,1-2H3,(H,21,22). The van der Waals surface area contributed by atoms with Crippen LogP contribution in [0, 0.1) is 0 Å². The molecule has 1 aliphatic rings. The van der Waals surface area contributed by atoms with Gasteiger partial charge in [-0.1, -0.05) is 34.8 Å². The number of fused-ring (bicyclic) bond motifs is 1. The Labute approximate surface area is 149 Å². The molecule has 1 N–H and O–H groups in total. The van der Waals surface area contributed by atoms with E-state index in [1.807, 2.05) is 6.92 Å². The minimum atomic E-state index is -0.852. The molecule has 23 heavy (non-hydrogen) atoms. The molecule has 0 bridgehead atoms. The molecule has 1 atom stereocenters. The Morgan fingerprint density at radius 3 is 2.52 bits per heavy atom. The maximum atomic E-state index is 12.6. The van der Waals surface area contributed by atoms with E-state index in [4.69, 9.17) is 39.5 Å². The van der Waals surface area contributed by atoms with Gasteiger partial charge in [-0.2, -0.15) is 0 Å². The molecule has 1 amide bonds. The maximum absolute atomic E-state index is 12.6. The Balaban J connectivity index is 2.13. The highest BCUT2D eigenvalue weighted by molar-refractivity contribution is 6.38. The van der Waals surface area contributed by atoms with Gasteiger partial charge >= 0.3 is 0 Å². The monoisotopic (exact) mass is 369 g/mol. The molecule has 0 radical (unpaired) electrons. The molecule has 1 heterocycles. The highest BCUT2D eigenvalue weighted by Gasteiger charge is 2.45. The number of halogens is 3. The van der Waals surface area contributed by atoms with Crippen LogP contribution in [0.15, 0.2) is 30.3 Å². The molecular formula is C17H14Cl3NO2. The van der Waals surface area contributed by atoms with Crippen LogP contribution in [-0.4, -0.2) is 13.0 Å². The van der Waals surface area contributed by atoms with Crippen LogP contribution in [0.2, 0.25) is 15.1 Å². The van der Waals surface area contributed by atoms with E-state index in [2.05, 4.69) is 5.32 Å². The van der Waals surface area contributed by atoms with E-state index in [0.29, 0.717) is 38.5 Å². The molecule has 0 spiro atoms. The SMILES string of the molecule is COc1ccc(Cl)cc1CC1(C)C(=O)Nc2c(Cl)ccc(Cl)c21. The number of anilines is 1. The van der Waals surface area contributed by atoms with Crippen LogP contribution < -0.4 is 10.1 Å². The van der Waals surface area contributed by atoms with Gasteiger partial charge in [-0.25, -0.2) is 0 Å². The number of hydrogen-bond acceptors (Lipinski definition) is 2. The van der Waals surface area contributed by atoms with Crippen molar-refractivity contribution in [3.05, 3.63) is 56.5 Å². The second-order valence-electron chi connectivity index (χ2n) is 5.70. The first kappa shape index (κ1) is 16.4. The molecule has 3 nitrogen and oxygen atoms in total. The number of benzene rings is 2. The lowest BCUT2D eigenvalue weighted by Gasteiger charge is -2.24. The maximum Gasteiger partial charge on any atom is 0.235 e. The summed E-state index contributed by atoms with van der Waals surface area (Å²) in [6.45, 7) is 1.84. The fourth-order valence-corrected chi connectivity index (χ4v) is 3.78. The largest absolute Gasteiger partial charge is 0.496 e. The zero-order chi connectivity index (χ0) is 16.8. The van der Waals surface area contributed by atoms with Gasteiger partial charge in [0.05, 0.1) is 23.2 Å². The lowest BCUT2D eigenvalue weighted by atomic mass is 9.78. The van der Waals surface area contributed by atoms with Crippen LogP contribution >= 0.6 is 34.8 Å². The average Bonchev–Trinajstić information content (AvgIpc) is 2.76. The Bertz CT molecular complexity index is 807. The van der Waals surface area contributed by atoms with E-state index < -0.39 is 5.41 Å². The van der Waals surface area contributed by atoms with Crippen molar-refractivity contribution in [3.63, 3.8) is 0 Å². The van der Waals surface area contributed by atoms with E-state index in [-0.39, 0.29) is 5.91 Å². The molecule has 1 unspecified atom stereocenters. The molecule has 2 aromatic rings. The van der Waals surface area contributed by atoms with Crippen LogP contribution in [0.5, 0.6) is 5.75 Å². The van der Waals surface area contributed by atoms with Gasteiger partial charge in [0.2, 0.25) is 5.91 Å². The summed E-state index contributed by atoms with van der Waals surface area (Å²) in [7, 11) is 1.58. The van der Waals surface area contributed by atoms with Gasteiger partial charge in [0.25, 0.3) is 0 Å². The van der Waals surface area contributed by atoms with E-state index in [0.717, 1.165) is 5.56 Å². The van der Waals surface area contributed by atoms with Crippen molar-refractivity contribution in [2.45, 2.75) is 18.8 Å². The number of hydrogen-bond donors (Lipinski definition) is 1. The van der Waals surface area contributed by atoms with Crippen LogP contribution in [0.4, 0.5) is 5.69 Å². The number of carbonyl (C=O) groups excluding carboxylic acids is 1. The Morgan fingerprint density at radius 1 is 1.13 bits per heavy atom. The molecule has 3 rings (SSSR count). The Morgan fingerprint density at radius 2 is 1.83 bits per heavy atom. The van der Waals surface area contributed by atoms with Crippen molar-refractivity contribution in [3.8, 4) is 5.75 Å². The van der Waals surface area contributed by atoms with Crippen LogP contribution in [0.3, 0.4) is 0 Å². The molecule has 0 saturated carbocycles. The average molecular weight is 371 g/mol. The Hall–Kier alpha value is -1.42. The fraction of sp³-hybridized carbons (Fsp3) is 0.235. The summed E-state index contributed by atoms with van der Waals surface area (Å²) >= 11 is 18.7. The zero-order valence-corrected chi connectivity index (χ0v) is 14.8. The number of ether oxygens (including phenoxy) is 1. The number of methoxy groups -OCH3 is 1. The number of carbonyl (C=O) groups is 1. The number of nitrogens with one attached hydrogen (secondary N) is 1. The molecule has 1 aliphatic heterocycles. The minimum Gasteiger partial charge on any atom is -0.496 e. The third kappa shape index (κ3) is 2.67. The van der Waals surface area contributed by atoms with E-state index in [9.17, 15) is 4.79 Å². The van der Waals surface area contributed by atoms with Crippen molar-refractivity contribution < 1.29 is 9.53 Å². The van der Waals surface area contributed by atoms with Crippen molar-refractivity contribution in [2.24, 2.45) is 0 Å². The zero-order valence-electron chi connectivity index (χ0n) is 12.5. The molecule has 0 saturated heterocycles. The lowest BCUT2D eigenvalue weighted by Crippen LogP contribution is -2.33. The first-order valence-electron chi connectivity index (χ1n) is 6.99. The van der Waals surface area contributed by atoms with Gasteiger partial charge in [-0.15, -0.1) is 0 Å². The van der Waals surface area contributed by atoms with E-state index in [1.165, 1.54) is 0 Å². The van der Waals surface area contributed by atoms with Gasteiger partial charge in [0.15, 0.2) is 0 Å². The number of rotatable bonds is 3. The first-order valence-corrected chi connectivity index (χ1v) is 8.12. The highest BCUT2D eigenvalue weighted by atomic mass is 35.5. The third-order valence-corrected chi connectivity index (χ3v) is 5.05. The molecule has 0 aliphatic carbocycles. The molecule has 0 aromatic heterocycles. The van der Waals surface area contributed by atoms with Gasteiger partial charge in [-0.3, -0.25) is 4.79 Å². The molecule has 6 heteroatoms. The third-order valence-electron chi connectivity index (χ3n) is 4.18. The topological polar surface area (TPSA) is 38.3 Å². The summed E-state index contributed by atoms with van der Waals surface area (Å²) in [5.41, 5.74) is 1.27. The summed E-state index contributed by atoms with van der Waals surface area (Å²) in [5.74, 6) is 0.527. The first-order chi connectivity index (χ1) is 10.9. The predicted octanol–water partition coefficient (Wildman–Crippen LogP) is 5.11. The van der Waals surface area contributed by atoms with Crippen molar-refractivity contribution in [2.75, 3.05) is 12.4 Å². The smallest absolute Gasteiger partial charge is 0.235 e. The van der Waals surface area contributed by atoms with Gasteiger partial charge in [-0.05, 0) is 49.2 Å². The quantitative estimate of drug-likeness (QED) is 0.815. The summed E-state index contributed by atoms with van der Waals surface area (Å²) in [5, 5.41) is 4.40. The summed E-state index contributed by atoms with van der Waals surface area (Å²) in [6.07, 6.45) is 0.398. The van der Waals surface area contributed by atoms with Gasteiger partial charge in [0, 0.05) is 15.6 Å². The van der Waals surface area contributed by atoms with Crippen molar-refractivity contribution in [1.29, 1.82) is 0 Å². The molecule has 0 fully saturated rings. The van der Waals surface area contributed by atoms with Gasteiger partial charge in [0.1, 0.15) is 5.75 Å². The second-order valence-corrected chi connectivity index (χ2v) is 6.95. The van der Waals surface area contributed by atoms with E-state index >= 15 is 0 Å². The van der Waals surface area contributed by atoms with E-state index in [1.54, 1.807) is 37.4 Å². The molecule has 120 valence electrons. The second kappa shape index (κ2) is 5.90. The van der Waals surface area contributed by atoms with Crippen LogP contribution in [0.25, 0.3) is 0 Å². The minimum absolute atomic E-state index is 0.149. The highest BCUT2D eigenvalue weighted by Crippen LogP contribution is 2.47. The Kier molecular flexibility index (Phi) is 4.21.